The predicted molar refractivity (Wildman–Crippen MR) is 339 cm³/mol. The highest BCUT2D eigenvalue weighted by Gasteiger charge is 2.58. The Bertz CT molecular complexity index is 2550. The van der Waals surface area contributed by atoms with E-state index >= 15 is 0 Å². The van der Waals surface area contributed by atoms with E-state index in [1.165, 1.54) is 39.7 Å². The van der Waals surface area contributed by atoms with Crippen molar-refractivity contribution >= 4 is 35.5 Å². The minimum absolute atomic E-state index is 0.0208. The lowest BCUT2D eigenvalue weighted by Gasteiger charge is -2.51. The van der Waals surface area contributed by atoms with Crippen LogP contribution in [0.15, 0.2) is 12.2 Å². The molecule has 0 aromatic rings. The molecule has 30 atom stereocenters. The molecule has 6 aliphatic rings. The summed E-state index contributed by atoms with van der Waals surface area (Å²) in [5.74, 6) is -4.75. The molecule has 0 radical (unpaired) electrons. The average molecular weight is 1440 g/mol. The van der Waals surface area contributed by atoms with Crippen molar-refractivity contribution in [2.75, 3.05) is 33.5 Å². The van der Waals surface area contributed by atoms with Gasteiger partial charge in [-0.25, -0.2) is 0 Å². The molecule has 0 aromatic heterocycles. The summed E-state index contributed by atoms with van der Waals surface area (Å²) in [6.45, 7) is 5.10. The van der Waals surface area contributed by atoms with Gasteiger partial charge in [0.1, 0.15) is 134 Å². The summed E-state index contributed by atoms with van der Waals surface area (Å²) >= 11 is 0. The molecule has 5 amide bonds. The maximum atomic E-state index is 13.5. The molecule has 12 unspecified atom stereocenters. The van der Waals surface area contributed by atoms with E-state index in [-0.39, 0.29) is 6.42 Å². The van der Waals surface area contributed by atoms with Gasteiger partial charge in [-0.2, -0.15) is 0 Å². The molecule has 100 heavy (non-hydrogen) atoms. The Hall–Kier alpha value is -4.40. The number of nitrogens with one attached hydrogen (secondary N) is 5. The third-order valence-corrected chi connectivity index (χ3v) is 18.2. The first-order valence-corrected chi connectivity index (χ1v) is 34.4. The highest BCUT2D eigenvalue weighted by molar-refractivity contribution is 5.76. The summed E-state index contributed by atoms with van der Waals surface area (Å²) in [5, 5.41) is 148. The topological polar surface area (TPSA) is 525 Å². The Kier molecular flexibility index (Phi) is 34.9. The van der Waals surface area contributed by atoms with Crippen LogP contribution in [0.1, 0.15) is 138 Å². The fourth-order valence-corrected chi connectivity index (χ4v) is 13.0. The van der Waals surface area contributed by atoms with Gasteiger partial charge in [-0.05, 0) is 39.0 Å². The Morgan fingerprint density at radius 1 is 0.400 bits per heavy atom. The Labute approximate surface area is 580 Å². The van der Waals surface area contributed by atoms with Crippen LogP contribution >= 0.6 is 0 Å². The van der Waals surface area contributed by atoms with Crippen LogP contribution in [0.25, 0.3) is 0 Å². The van der Waals surface area contributed by atoms with Gasteiger partial charge in [0, 0.05) is 48.1 Å². The maximum absolute atomic E-state index is 13.5. The highest BCUT2D eigenvalue weighted by atomic mass is 16.8. The van der Waals surface area contributed by atoms with Crippen LogP contribution in [-0.2, 0) is 90.3 Å². The van der Waals surface area contributed by atoms with Gasteiger partial charge in [-0.3, -0.25) is 28.8 Å². The third kappa shape index (κ3) is 23.3. The molecule has 0 aromatic carbocycles. The fourth-order valence-electron chi connectivity index (χ4n) is 13.0. The lowest BCUT2D eigenvalue weighted by Crippen LogP contribution is -2.72. The molecule has 6 heterocycles. The van der Waals surface area contributed by atoms with Crippen molar-refractivity contribution in [2.45, 2.75) is 322 Å². The van der Waals surface area contributed by atoms with Gasteiger partial charge < -0.3 is 149 Å². The van der Waals surface area contributed by atoms with Gasteiger partial charge in [-0.1, -0.05) is 70.4 Å². The molecular formula is C64H109N5O31. The maximum Gasteiger partial charge on any atom is 0.305 e. The van der Waals surface area contributed by atoms with Crippen molar-refractivity contribution in [3.8, 4) is 0 Å². The summed E-state index contributed by atoms with van der Waals surface area (Å²) in [6.07, 6.45) is -26.2. The van der Waals surface area contributed by atoms with E-state index in [1.807, 2.05) is 0 Å². The van der Waals surface area contributed by atoms with Crippen molar-refractivity contribution in [1.82, 2.24) is 26.6 Å². The molecule has 0 spiro atoms. The number of aliphatic hydroxyl groups excluding tert-OH is 12. The van der Waals surface area contributed by atoms with Crippen molar-refractivity contribution in [2.24, 2.45) is 0 Å². The van der Waals surface area contributed by atoms with Gasteiger partial charge in [0.2, 0.25) is 35.8 Å². The van der Waals surface area contributed by atoms with Gasteiger partial charge in [0.15, 0.2) is 37.7 Å². The zero-order valence-corrected chi connectivity index (χ0v) is 57.8. The minimum Gasteiger partial charge on any atom is -0.433 e. The van der Waals surface area contributed by atoms with Gasteiger partial charge >= 0.3 is 5.97 Å². The van der Waals surface area contributed by atoms with Crippen molar-refractivity contribution < 1.29 is 152 Å². The zero-order valence-electron chi connectivity index (χ0n) is 57.8. The first-order valence-electron chi connectivity index (χ1n) is 34.4. The number of carbonyl (C=O) groups excluding carboxylic acids is 6. The summed E-state index contributed by atoms with van der Waals surface area (Å²) < 4.78 is 77.0. The second-order valence-electron chi connectivity index (χ2n) is 26.1. The molecule has 6 rings (SSSR count). The molecule has 0 saturated carbocycles. The molecule has 17 N–H and O–H groups in total. The highest BCUT2D eigenvalue weighted by Crippen LogP contribution is 2.37. The monoisotopic (exact) mass is 1440 g/mol. The zero-order chi connectivity index (χ0) is 73.7. The lowest BCUT2D eigenvalue weighted by molar-refractivity contribution is -0.373. The second kappa shape index (κ2) is 41.3. The number of unbranched alkanes of at least 4 members (excludes halogenated alkanes) is 11. The predicted octanol–water partition coefficient (Wildman–Crippen LogP) is -5.15. The van der Waals surface area contributed by atoms with Crippen LogP contribution in [0, 0.1) is 0 Å². The second-order valence-corrected chi connectivity index (χ2v) is 26.1. The Morgan fingerprint density at radius 3 is 1.21 bits per heavy atom. The van der Waals surface area contributed by atoms with E-state index in [4.69, 9.17) is 61.6 Å². The van der Waals surface area contributed by atoms with E-state index in [2.05, 4.69) is 45.7 Å². The largest absolute Gasteiger partial charge is 0.433 e. The number of methoxy groups -OCH3 is 1. The Balaban J connectivity index is 1.17. The first-order chi connectivity index (χ1) is 47.6. The molecule has 6 saturated heterocycles. The van der Waals surface area contributed by atoms with Crippen LogP contribution in [-0.4, -0.2) is 314 Å². The number of hydrogen-bond donors (Lipinski definition) is 17. The van der Waals surface area contributed by atoms with Crippen LogP contribution in [0.3, 0.4) is 0 Å². The molecular weight excluding hydrogens is 1330 g/mol. The van der Waals surface area contributed by atoms with Gasteiger partial charge in [0.05, 0.1) is 32.5 Å². The van der Waals surface area contributed by atoms with E-state index in [1.54, 1.807) is 0 Å². The molecule has 0 aliphatic carbocycles. The minimum atomic E-state index is -2.07. The molecule has 36 nitrogen and oxygen atoms in total. The first kappa shape index (κ1) is 84.5. The molecule has 576 valence electrons. The fraction of sp³-hybridized carbons (Fsp3) is 0.875. The molecule has 6 aliphatic heterocycles. The van der Waals surface area contributed by atoms with E-state index in [9.17, 15) is 90.0 Å². The molecule has 6 fully saturated rings. The average Bonchev–Trinajstić information content (AvgIpc) is 0.771. The number of hydrogen-bond acceptors (Lipinski definition) is 31. The van der Waals surface area contributed by atoms with Gasteiger partial charge in [0.25, 0.3) is 0 Å². The van der Waals surface area contributed by atoms with E-state index < -0.39 is 246 Å². The SMILES string of the molecule is CCCCCC/C=C\CCCCCCCCCC(=O)NC1[C@H](O[C@@H]2C(CO)O[C@@H](O[C@@H]3C(CO)O[C@@H](O[C@@H]4C(CO)O[C@@H](O[C@@H]5C(CO[C@@H]6OC(C)[C@@H](O)C(O)[C@H]6OC)O[C@@H](O)C(NC(C)=O)[C@H]5O)C(NC(C)=O)[C@H]4O)C(NC(C)=O)[C@H]3O)C(NC(C)=O)[C@H]2O)OC(OC(C)=O)[C@@H](O)[C@@H]1O. The molecule has 36 heteroatoms. The smallest absolute Gasteiger partial charge is 0.305 e. The third-order valence-electron chi connectivity index (χ3n) is 18.2. The summed E-state index contributed by atoms with van der Waals surface area (Å²) in [7, 11) is 1.21. The number of allylic oxidation sites excluding steroid dienone is 2. The number of rotatable bonds is 36. The van der Waals surface area contributed by atoms with E-state index in [0.717, 1.165) is 79.6 Å². The number of carbonyl (C=O) groups is 6. The van der Waals surface area contributed by atoms with Crippen molar-refractivity contribution in [3.05, 3.63) is 12.2 Å². The summed E-state index contributed by atoms with van der Waals surface area (Å²) in [6, 6.07) is -8.51. The van der Waals surface area contributed by atoms with Gasteiger partial charge in [-0.15, -0.1) is 0 Å². The standard InChI is InChI=1S/C64H109N5O31/c1-9-10-11-12-13-14-15-16-17-18-19-20-21-22-23-24-39(78)69-41-46(80)52(86)63(91-34(7)77)100-62(41)98-55-37(27-72)94-60(43(50(55)84)67-32(5)75)96-53-35(25-70)93-59(42(48(53)82)66-31(4)74)97-54-36(26-71)95-61(44(49(54)83)68-33(6)76)99-56-38(92-58(87)40(47(56)81)65-30(3)73)28-89-64-57(88-8)51(85)45(79)29(2)90-64/h14-15,29,35-38,40-64,70-72,79-87H,9-13,16-28H2,1-8H3,(H,65,73)(H,66,74)(H,67,75)(H,68,76)(H,69,78)/b15-14-/t29?,35?,36?,37?,38?,40?,41?,42?,43?,44?,45-,46-,47-,48-,49-,50-,51?,52+,53-,54-,55-,56-,57-,58-,59+,60+,61+,62-,63?,64-/m1/s1. The lowest BCUT2D eigenvalue weighted by atomic mass is 9.93. The van der Waals surface area contributed by atoms with Crippen LogP contribution in [0.5, 0.6) is 0 Å². The molecule has 0 bridgehead atoms. The van der Waals surface area contributed by atoms with Crippen LogP contribution in [0.2, 0.25) is 0 Å². The number of ether oxygens (including phenoxy) is 13. The summed E-state index contributed by atoms with van der Waals surface area (Å²) in [4.78, 5) is 76.8. The number of aliphatic hydroxyl groups is 12. The van der Waals surface area contributed by atoms with E-state index in [0.29, 0.717) is 12.8 Å². The van der Waals surface area contributed by atoms with Crippen LogP contribution in [0.4, 0.5) is 0 Å². The normalized spacial score (nSPS) is 39.3. The Morgan fingerprint density at radius 2 is 0.790 bits per heavy atom. The number of amides is 5. The van der Waals surface area contributed by atoms with Crippen molar-refractivity contribution in [3.63, 3.8) is 0 Å². The van der Waals surface area contributed by atoms with Crippen molar-refractivity contribution in [1.29, 1.82) is 0 Å². The van der Waals surface area contributed by atoms with Crippen LogP contribution < -0.4 is 26.6 Å². The quantitative estimate of drug-likeness (QED) is 0.0158. The number of esters is 1. The summed E-state index contributed by atoms with van der Waals surface area (Å²) in [5.41, 5.74) is 0.